The van der Waals surface area contributed by atoms with Gasteiger partial charge in [-0.1, -0.05) is 11.6 Å². The first-order valence-electron chi connectivity index (χ1n) is 11.3. The number of β-amino-alcohol motifs (C(OH)–C–C–N with tert-alkyl or cyclic N) is 1. The summed E-state index contributed by atoms with van der Waals surface area (Å²) in [6, 6.07) is 6.57. The van der Waals surface area contributed by atoms with Crippen molar-refractivity contribution >= 4 is 29.3 Å². The molecule has 3 aliphatic rings. The smallest absolute Gasteiger partial charge is 0.392 e. The van der Waals surface area contributed by atoms with Crippen LogP contribution in [0.25, 0.3) is 0 Å². The molecule has 0 aromatic heterocycles. The Morgan fingerprint density at radius 2 is 1.72 bits per heavy atom. The van der Waals surface area contributed by atoms with Crippen LogP contribution >= 0.6 is 11.6 Å². The van der Waals surface area contributed by atoms with Gasteiger partial charge in [0.2, 0.25) is 5.91 Å². The standard InChI is InChI=1S/C22H32ClN5O4/c1-25-8-6-18(7-9-25)26-10-12-27(13-11-26)21(30)20-14-19(29)15-28(20)32-22(31)24-17-4-2-16(23)3-5-17/h2-5,18-20,29H,6-15H2,1H3,(H,24,31)/t19-,20-/m1/s1. The average Bonchev–Trinajstić information content (AvgIpc) is 3.15. The van der Waals surface area contributed by atoms with Crippen LogP contribution in [0.4, 0.5) is 10.5 Å². The van der Waals surface area contributed by atoms with E-state index in [0.29, 0.717) is 29.8 Å². The quantitative estimate of drug-likeness (QED) is 0.696. The van der Waals surface area contributed by atoms with Gasteiger partial charge in [-0.25, -0.2) is 4.79 Å². The van der Waals surface area contributed by atoms with Crippen LogP contribution in [-0.4, -0.2) is 108 Å². The number of anilines is 1. The number of aliphatic hydroxyl groups excluding tert-OH is 1. The second-order valence-electron chi connectivity index (χ2n) is 8.91. The zero-order chi connectivity index (χ0) is 22.7. The number of benzene rings is 1. The molecule has 0 aliphatic carbocycles. The lowest BCUT2D eigenvalue weighted by atomic mass is 10.0. The summed E-state index contributed by atoms with van der Waals surface area (Å²) in [6.45, 7) is 5.37. The Hall–Kier alpha value is -1.91. The van der Waals surface area contributed by atoms with Gasteiger partial charge >= 0.3 is 6.09 Å². The van der Waals surface area contributed by atoms with Gasteiger partial charge in [0, 0.05) is 49.4 Å². The Balaban J connectivity index is 1.29. The molecule has 3 aliphatic heterocycles. The van der Waals surface area contributed by atoms with Crippen LogP contribution in [0.5, 0.6) is 0 Å². The fourth-order valence-electron chi connectivity index (χ4n) is 4.77. The van der Waals surface area contributed by atoms with E-state index in [9.17, 15) is 14.7 Å². The molecule has 3 heterocycles. The van der Waals surface area contributed by atoms with Crippen molar-refractivity contribution in [1.29, 1.82) is 0 Å². The van der Waals surface area contributed by atoms with E-state index < -0.39 is 18.2 Å². The number of hydroxylamine groups is 2. The highest BCUT2D eigenvalue weighted by Crippen LogP contribution is 2.23. The second-order valence-corrected chi connectivity index (χ2v) is 9.35. The maximum atomic E-state index is 13.2. The molecular weight excluding hydrogens is 434 g/mol. The molecule has 2 amide bonds. The summed E-state index contributed by atoms with van der Waals surface area (Å²) in [5, 5.41) is 14.6. The number of amides is 2. The number of likely N-dealkylation sites (tertiary alicyclic amines) is 1. The third-order valence-corrected chi connectivity index (χ3v) is 6.89. The number of carbonyl (C=O) groups excluding carboxylic acids is 2. The van der Waals surface area contributed by atoms with Gasteiger partial charge in [-0.15, -0.1) is 5.06 Å². The van der Waals surface area contributed by atoms with Gasteiger partial charge in [0.25, 0.3) is 0 Å². The van der Waals surface area contributed by atoms with E-state index in [1.54, 1.807) is 24.3 Å². The number of hydrogen-bond acceptors (Lipinski definition) is 7. The van der Waals surface area contributed by atoms with Gasteiger partial charge in [-0.2, -0.15) is 0 Å². The highest BCUT2D eigenvalue weighted by molar-refractivity contribution is 6.30. The van der Waals surface area contributed by atoms with Gasteiger partial charge in [0.05, 0.1) is 12.6 Å². The summed E-state index contributed by atoms with van der Waals surface area (Å²) < 4.78 is 0. The molecule has 0 bridgehead atoms. The predicted molar refractivity (Wildman–Crippen MR) is 121 cm³/mol. The normalized spacial score (nSPS) is 26.3. The fraction of sp³-hybridized carbons (Fsp3) is 0.636. The third-order valence-electron chi connectivity index (χ3n) is 6.64. The first-order valence-corrected chi connectivity index (χ1v) is 11.7. The van der Waals surface area contributed by atoms with E-state index in [-0.39, 0.29) is 18.9 Å². The molecule has 10 heteroatoms. The maximum Gasteiger partial charge on any atom is 0.430 e. The summed E-state index contributed by atoms with van der Waals surface area (Å²) in [5.74, 6) is -0.0936. The molecule has 3 fully saturated rings. The number of halogens is 1. The van der Waals surface area contributed by atoms with E-state index in [1.165, 1.54) is 17.9 Å². The molecule has 4 rings (SSSR count). The van der Waals surface area contributed by atoms with Crippen molar-refractivity contribution in [2.75, 3.05) is 58.2 Å². The third kappa shape index (κ3) is 5.71. The molecule has 0 radical (unpaired) electrons. The minimum atomic E-state index is -0.715. The van der Waals surface area contributed by atoms with Crippen molar-refractivity contribution in [1.82, 2.24) is 19.8 Å². The van der Waals surface area contributed by atoms with Gasteiger partial charge < -0.3 is 19.7 Å². The monoisotopic (exact) mass is 465 g/mol. The molecule has 32 heavy (non-hydrogen) atoms. The highest BCUT2D eigenvalue weighted by Gasteiger charge is 2.41. The summed E-state index contributed by atoms with van der Waals surface area (Å²) >= 11 is 5.86. The Morgan fingerprint density at radius 1 is 1.06 bits per heavy atom. The van der Waals surface area contributed by atoms with Crippen molar-refractivity contribution in [2.45, 2.75) is 37.5 Å². The zero-order valence-corrected chi connectivity index (χ0v) is 19.2. The first kappa shape index (κ1) is 23.3. The van der Waals surface area contributed by atoms with Crippen molar-refractivity contribution in [3.8, 4) is 0 Å². The van der Waals surface area contributed by atoms with Crippen LogP contribution in [-0.2, 0) is 9.63 Å². The number of rotatable bonds is 4. The Morgan fingerprint density at radius 3 is 2.38 bits per heavy atom. The number of carbonyl (C=O) groups is 2. The molecule has 176 valence electrons. The minimum absolute atomic E-state index is 0.0936. The Labute approximate surface area is 193 Å². The Bertz CT molecular complexity index is 794. The lowest BCUT2D eigenvalue weighted by Crippen LogP contribution is -2.56. The number of hydrogen-bond donors (Lipinski definition) is 2. The van der Waals surface area contributed by atoms with Crippen LogP contribution in [0.1, 0.15) is 19.3 Å². The van der Waals surface area contributed by atoms with Crippen LogP contribution in [0.2, 0.25) is 5.02 Å². The van der Waals surface area contributed by atoms with Crippen LogP contribution in [0, 0.1) is 0 Å². The molecular formula is C22H32ClN5O4. The van der Waals surface area contributed by atoms with Crippen molar-refractivity contribution in [2.24, 2.45) is 0 Å². The van der Waals surface area contributed by atoms with E-state index in [1.807, 2.05) is 4.90 Å². The van der Waals surface area contributed by atoms with E-state index in [0.717, 1.165) is 26.2 Å². The summed E-state index contributed by atoms with van der Waals surface area (Å²) in [7, 11) is 2.16. The number of piperidine rings is 1. The minimum Gasteiger partial charge on any atom is -0.392 e. The largest absolute Gasteiger partial charge is 0.430 e. The number of nitrogens with zero attached hydrogens (tertiary/aromatic N) is 4. The van der Waals surface area contributed by atoms with Crippen LogP contribution in [0.3, 0.4) is 0 Å². The lowest BCUT2D eigenvalue weighted by molar-refractivity contribution is -0.156. The van der Waals surface area contributed by atoms with Crippen molar-refractivity contribution in [3.05, 3.63) is 29.3 Å². The SMILES string of the molecule is CN1CCC(N2CCN(C(=O)[C@H]3C[C@@H](O)CN3OC(=O)Nc3ccc(Cl)cc3)CC2)CC1. The summed E-state index contributed by atoms with van der Waals surface area (Å²) in [4.78, 5) is 37.6. The average molecular weight is 466 g/mol. The molecule has 0 spiro atoms. The molecule has 0 saturated carbocycles. The van der Waals surface area contributed by atoms with Gasteiger partial charge in [-0.05, 0) is 57.2 Å². The second kappa shape index (κ2) is 10.4. The molecule has 3 saturated heterocycles. The van der Waals surface area contributed by atoms with Gasteiger partial charge in [-0.3, -0.25) is 15.0 Å². The molecule has 1 aromatic rings. The molecule has 2 N–H and O–H groups in total. The molecule has 1 aromatic carbocycles. The Kier molecular flexibility index (Phi) is 7.52. The highest BCUT2D eigenvalue weighted by atomic mass is 35.5. The van der Waals surface area contributed by atoms with E-state index in [2.05, 4.69) is 22.2 Å². The van der Waals surface area contributed by atoms with Gasteiger partial charge in [0.15, 0.2) is 0 Å². The van der Waals surface area contributed by atoms with Crippen molar-refractivity contribution < 1.29 is 19.5 Å². The van der Waals surface area contributed by atoms with Gasteiger partial charge in [0.1, 0.15) is 6.04 Å². The number of aliphatic hydroxyl groups is 1. The fourth-order valence-corrected chi connectivity index (χ4v) is 4.89. The van der Waals surface area contributed by atoms with Crippen LogP contribution < -0.4 is 5.32 Å². The van der Waals surface area contributed by atoms with Crippen LogP contribution in [0.15, 0.2) is 24.3 Å². The lowest BCUT2D eigenvalue weighted by Gasteiger charge is -2.42. The summed E-state index contributed by atoms with van der Waals surface area (Å²) in [5.41, 5.74) is 0.534. The van der Waals surface area contributed by atoms with E-state index >= 15 is 0 Å². The number of nitrogens with one attached hydrogen (secondary N) is 1. The van der Waals surface area contributed by atoms with E-state index in [4.69, 9.17) is 16.4 Å². The first-order chi connectivity index (χ1) is 15.4. The molecule has 0 unspecified atom stereocenters. The molecule has 9 nitrogen and oxygen atoms in total. The zero-order valence-electron chi connectivity index (χ0n) is 18.5. The number of piperazine rings is 1. The topological polar surface area (TPSA) is 88.6 Å². The van der Waals surface area contributed by atoms with Crippen molar-refractivity contribution in [3.63, 3.8) is 0 Å². The maximum absolute atomic E-state index is 13.2. The predicted octanol–water partition coefficient (Wildman–Crippen LogP) is 1.48. The summed E-state index contributed by atoms with van der Waals surface area (Å²) in [6.07, 6.45) is 1.18. The molecule has 2 atom stereocenters.